The van der Waals surface area contributed by atoms with Gasteiger partial charge in [-0.05, 0) is 36.6 Å². The van der Waals surface area contributed by atoms with E-state index in [2.05, 4.69) is 20.3 Å². The van der Waals surface area contributed by atoms with E-state index in [9.17, 15) is 4.79 Å². The Morgan fingerprint density at radius 1 is 1.04 bits per heavy atom. The Morgan fingerprint density at radius 3 is 2.52 bits per heavy atom. The number of hydrogen-bond acceptors (Lipinski definition) is 5. The first-order chi connectivity index (χ1) is 11.3. The number of aromatic nitrogens is 3. The molecule has 1 aliphatic heterocycles. The van der Waals surface area contributed by atoms with Crippen LogP contribution in [0.1, 0.15) is 41.7 Å². The third-order valence-corrected chi connectivity index (χ3v) is 3.97. The minimum absolute atomic E-state index is 0.00117. The van der Waals surface area contributed by atoms with Crippen molar-refractivity contribution in [3.8, 4) is 0 Å². The second-order valence-corrected chi connectivity index (χ2v) is 5.68. The zero-order valence-corrected chi connectivity index (χ0v) is 13.1. The van der Waals surface area contributed by atoms with Gasteiger partial charge in [0.2, 0.25) is 5.95 Å². The van der Waals surface area contributed by atoms with E-state index in [1.807, 2.05) is 17.0 Å². The molecular weight excluding hydrogens is 290 g/mol. The molecular formula is C17H21N5O. The predicted octanol–water partition coefficient (Wildman–Crippen LogP) is 2.50. The van der Waals surface area contributed by atoms with Gasteiger partial charge in [-0.15, -0.1) is 0 Å². The second kappa shape index (κ2) is 7.67. The first kappa shape index (κ1) is 15.4. The van der Waals surface area contributed by atoms with Crippen LogP contribution in [-0.4, -0.2) is 38.8 Å². The average Bonchev–Trinajstić information content (AvgIpc) is 2.90. The van der Waals surface area contributed by atoms with Gasteiger partial charge in [-0.2, -0.15) is 0 Å². The SMILES string of the molecule is O=C(c1ccnc(NCc2ccncc2)n1)N1CCCCCC1. The molecule has 120 valence electrons. The molecule has 1 saturated heterocycles. The number of likely N-dealkylation sites (tertiary alicyclic amines) is 1. The van der Waals surface area contributed by atoms with Crippen LogP contribution in [0.5, 0.6) is 0 Å². The number of hydrogen-bond donors (Lipinski definition) is 1. The van der Waals surface area contributed by atoms with E-state index < -0.39 is 0 Å². The third kappa shape index (κ3) is 4.25. The molecule has 2 aromatic rings. The Hall–Kier alpha value is -2.50. The number of carbonyl (C=O) groups is 1. The third-order valence-electron chi connectivity index (χ3n) is 3.97. The van der Waals surface area contributed by atoms with E-state index in [-0.39, 0.29) is 5.91 Å². The standard InChI is InChI=1S/C17H21N5O/c23-16(22-11-3-1-2-4-12-22)15-7-10-19-17(21-15)20-13-14-5-8-18-9-6-14/h5-10H,1-4,11-13H2,(H,19,20,21). The van der Waals surface area contributed by atoms with Crippen LogP contribution in [0.25, 0.3) is 0 Å². The molecule has 0 radical (unpaired) electrons. The van der Waals surface area contributed by atoms with E-state index >= 15 is 0 Å². The van der Waals surface area contributed by atoms with Crippen molar-refractivity contribution >= 4 is 11.9 Å². The molecule has 1 aliphatic rings. The highest BCUT2D eigenvalue weighted by atomic mass is 16.2. The van der Waals surface area contributed by atoms with Gasteiger partial charge in [-0.1, -0.05) is 12.8 Å². The molecule has 23 heavy (non-hydrogen) atoms. The van der Waals surface area contributed by atoms with Crippen molar-refractivity contribution in [2.75, 3.05) is 18.4 Å². The highest BCUT2D eigenvalue weighted by Crippen LogP contribution is 2.13. The van der Waals surface area contributed by atoms with Crippen LogP contribution in [0, 0.1) is 0 Å². The fourth-order valence-corrected chi connectivity index (χ4v) is 2.68. The summed E-state index contributed by atoms with van der Waals surface area (Å²) in [6, 6.07) is 5.54. The summed E-state index contributed by atoms with van der Waals surface area (Å²) in [5, 5.41) is 3.15. The van der Waals surface area contributed by atoms with E-state index in [0.717, 1.165) is 31.5 Å². The molecule has 0 saturated carbocycles. The second-order valence-electron chi connectivity index (χ2n) is 5.68. The Kier molecular flexibility index (Phi) is 5.13. The first-order valence-corrected chi connectivity index (χ1v) is 8.08. The summed E-state index contributed by atoms with van der Waals surface area (Å²) in [5.74, 6) is 0.476. The number of anilines is 1. The van der Waals surface area contributed by atoms with Crippen molar-refractivity contribution in [3.05, 3.63) is 48.0 Å². The molecule has 3 heterocycles. The van der Waals surface area contributed by atoms with Gasteiger partial charge in [0.1, 0.15) is 5.69 Å². The number of nitrogens with one attached hydrogen (secondary N) is 1. The molecule has 0 bridgehead atoms. The van der Waals surface area contributed by atoms with Crippen LogP contribution in [0.4, 0.5) is 5.95 Å². The van der Waals surface area contributed by atoms with Crippen LogP contribution < -0.4 is 5.32 Å². The number of pyridine rings is 1. The van der Waals surface area contributed by atoms with Crippen molar-refractivity contribution in [3.63, 3.8) is 0 Å². The van der Waals surface area contributed by atoms with Gasteiger partial charge in [0, 0.05) is 38.2 Å². The lowest BCUT2D eigenvalue weighted by Gasteiger charge is -2.19. The van der Waals surface area contributed by atoms with Crippen molar-refractivity contribution < 1.29 is 4.79 Å². The summed E-state index contributed by atoms with van der Waals surface area (Å²) in [6.45, 7) is 2.25. The normalized spacial score (nSPS) is 15.0. The largest absolute Gasteiger partial charge is 0.350 e. The predicted molar refractivity (Wildman–Crippen MR) is 88.0 cm³/mol. The van der Waals surface area contributed by atoms with Gasteiger partial charge in [-0.25, -0.2) is 9.97 Å². The van der Waals surface area contributed by atoms with E-state index in [0.29, 0.717) is 18.2 Å². The maximum atomic E-state index is 12.6. The molecule has 0 aromatic carbocycles. The Labute approximate surface area is 136 Å². The monoisotopic (exact) mass is 311 g/mol. The fraction of sp³-hybridized carbons (Fsp3) is 0.412. The zero-order valence-electron chi connectivity index (χ0n) is 13.1. The molecule has 6 nitrogen and oxygen atoms in total. The molecule has 1 fully saturated rings. The van der Waals surface area contributed by atoms with Crippen molar-refractivity contribution in [2.24, 2.45) is 0 Å². The van der Waals surface area contributed by atoms with Crippen LogP contribution in [0.3, 0.4) is 0 Å². The average molecular weight is 311 g/mol. The van der Waals surface area contributed by atoms with Crippen LogP contribution in [0.15, 0.2) is 36.8 Å². The summed E-state index contributed by atoms with van der Waals surface area (Å²) in [6.07, 6.45) is 9.67. The lowest BCUT2D eigenvalue weighted by molar-refractivity contribution is 0.0755. The van der Waals surface area contributed by atoms with Crippen LogP contribution >= 0.6 is 0 Å². The molecule has 0 aliphatic carbocycles. The summed E-state index contributed by atoms with van der Waals surface area (Å²) < 4.78 is 0. The number of amides is 1. The zero-order chi connectivity index (χ0) is 15.9. The lowest BCUT2D eigenvalue weighted by atomic mass is 10.2. The maximum absolute atomic E-state index is 12.6. The smallest absolute Gasteiger partial charge is 0.272 e. The summed E-state index contributed by atoms with van der Waals surface area (Å²) in [7, 11) is 0. The molecule has 0 spiro atoms. The van der Waals surface area contributed by atoms with Crippen LogP contribution in [0.2, 0.25) is 0 Å². The highest BCUT2D eigenvalue weighted by molar-refractivity contribution is 5.92. The number of carbonyl (C=O) groups excluding carboxylic acids is 1. The first-order valence-electron chi connectivity index (χ1n) is 8.08. The fourth-order valence-electron chi connectivity index (χ4n) is 2.68. The topological polar surface area (TPSA) is 71.0 Å². The highest BCUT2D eigenvalue weighted by Gasteiger charge is 2.18. The summed E-state index contributed by atoms with van der Waals surface area (Å²) in [5.41, 5.74) is 1.55. The number of rotatable bonds is 4. The Morgan fingerprint density at radius 2 is 1.78 bits per heavy atom. The molecule has 1 N–H and O–H groups in total. The van der Waals surface area contributed by atoms with E-state index in [1.54, 1.807) is 24.7 Å². The number of nitrogens with zero attached hydrogens (tertiary/aromatic N) is 4. The summed E-state index contributed by atoms with van der Waals surface area (Å²) >= 11 is 0. The quantitative estimate of drug-likeness (QED) is 0.939. The van der Waals surface area contributed by atoms with E-state index in [4.69, 9.17) is 0 Å². The molecule has 1 amide bonds. The minimum atomic E-state index is 0.00117. The maximum Gasteiger partial charge on any atom is 0.272 e. The summed E-state index contributed by atoms with van der Waals surface area (Å²) in [4.78, 5) is 27.0. The molecule has 6 heteroatoms. The molecule has 3 rings (SSSR count). The van der Waals surface area contributed by atoms with Gasteiger partial charge < -0.3 is 10.2 Å². The molecule has 2 aromatic heterocycles. The van der Waals surface area contributed by atoms with Gasteiger partial charge in [-0.3, -0.25) is 9.78 Å². The van der Waals surface area contributed by atoms with Gasteiger partial charge >= 0.3 is 0 Å². The van der Waals surface area contributed by atoms with E-state index in [1.165, 1.54) is 12.8 Å². The lowest BCUT2D eigenvalue weighted by Crippen LogP contribution is -2.32. The Bertz CT molecular complexity index is 638. The van der Waals surface area contributed by atoms with Crippen molar-refractivity contribution in [1.29, 1.82) is 0 Å². The van der Waals surface area contributed by atoms with Crippen molar-refractivity contribution in [1.82, 2.24) is 19.9 Å². The van der Waals surface area contributed by atoms with Gasteiger partial charge in [0.05, 0.1) is 0 Å². The molecule has 0 unspecified atom stereocenters. The van der Waals surface area contributed by atoms with Gasteiger partial charge in [0.25, 0.3) is 5.91 Å². The van der Waals surface area contributed by atoms with Gasteiger partial charge in [0.15, 0.2) is 0 Å². The van der Waals surface area contributed by atoms with Crippen LogP contribution in [-0.2, 0) is 6.54 Å². The molecule has 0 atom stereocenters. The Balaban J connectivity index is 1.65. The van der Waals surface area contributed by atoms with Crippen molar-refractivity contribution in [2.45, 2.75) is 32.2 Å². The minimum Gasteiger partial charge on any atom is -0.350 e.